The van der Waals surface area contributed by atoms with Crippen LogP contribution in [0, 0.1) is 0 Å². The van der Waals surface area contributed by atoms with Crippen LogP contribution in [-0.4, -0.2) is 42.0 Å². The molecule has 8 heteroatoms. The normalized spacial score (nSPS) is 15.3. The van der Waals surface area contributed by atoms with E-state index < -0.39 is 5.97 Å². The van der Waals surface area contributed by atoms with Crippen molar-refractivity contribution in [3.8, 4) is 0 Å². The minimum absolute atomic E-state index is 0. The second kappa shape index (κ2) is 8.18. The van der Waals surface area contributed by atoms with E-state index in [1.807, 2.05) is 12.1 Å². The van der Waals surface area contributed by atoms with Gasteiger partial charge in [0.2, 0.25) is 0 Å². The Labute approximate surface area is 156 Å². The number of anilines is 1. The van der Waals surface area contributed by atoms with Gasteiger partial charge in [0.25, 0.3) is 0 Å². The maximum Gasteiger partial charge on any atom is 1.00 e. The van der Waals surface area contributed by atoms with Crippen molar-refractivity contribution in [1.82, 2.24) is 9.88 Å². The van der Waals surface area contributed by atoms with Crippen LogP contribution in [0.1, 0.15) is 14.5 Å². The van der Waals surface area contributed by atoms with Crippen LogP contribution in [-0.2, 0) is 6.54 Å². The summed E-state index contributed by atoms with van der Waals surface area (Å²) in [7, 11) is 0. The first-order valence-corrected chi connectivity index (χ1v) is 8.20. The number of rotatable bonds is 4. The van der Waals surface area contributed by atoms with Gasteiger partial charge in [-0.05, 0) is 18.2 Å². The average Bonchev–Trinajstić information content (AvgIpc) is 2.90. The summed E-state index contributed by atoms with van der Waals surface area (Å²) in [6.45, 7) is 4.37. The number of nitrogens with zero attached hydrogens (tertiary/aromatic N) is 3. The average molecular weight is 344 g/mol. The zero-order valence-corrected chi connectivity index (χ0v) is 14.4. The first-order chi connectivity index (χ1) is 10.6. The van der Waals surface area contributed by atoms with Crippen LogP contribution in [0.5, 0.6) is 0 Å². The molecule has 1 saturated heterocycles. The van der Waals surface area contributed by atoms with Gasteiger partial charge in [0.05, 0.1) is 15.9 Å². The molecule has 2 aromatic heterocycles. The summed E-state index contributed by atoms with van der Waals surface area (Å²) in [4.78, 5) is 20.6. The molecule has 116 valence electrons. The summed E-state index contributed by atoms with van der Waals surface area (Å²) in [6, 6.07) is 5.50. The molecule has 0 saturated carbocycles. The molecule has 0 aromatic carbocycles. The Kier molecular flexibility index (Phi) is 6.51. The number of aromatic carboxylic acids is 1. The number of carbonyl (C=O) groups is 1. The molecule has 0 bridgehead atoms. The Balaban J connectivity index is 0.00000192. The molecule has 3 heterocycles. The first-order valence-electron chi connectivity index (χ1n) is 7.00. The molecule has 1 aliphatic heterocycles. The van der Waals surface area contributed by atoms with E-state index in [0.717, 1.165) is 31.1 Å². The fourth-order valence-electron chi connectivity index (χ4n) is 2.54. The number of carboxylic acid groups (broad SMARTS) is 1. The van der Waals surface area contributed by atoms with Crippen molar-refractivity contribution in [3.63, 3.8) is 0 Å². The van der Waals surface area contributed by atoms with E-state index >= 15 is 0 Å². The molecule has 0 unspecified atom stereocenters. The van der Waals surface area contributed by atoms with Gasteiger partial charge in [-0.25, -0.2) is 0 Å². The maximum absolute atomic E-state index is 10.9. The number of carboxylic acids is 1. The molecule has 0 amide bonds. The standard InChI is InChI=1S/C15H16ClN3O2S.Li/c16-12-9-13(15(20)21)22-14(12)10-18-5-7-19(8-6-18)11-1-3-17-4-2-11;/h1-4,9H,5-8,10H2,(H,20,21);/q;+1/p-1. The summed E-state index contributed by atoms with van der Waals surface area (Å²) >= 11 is 7.31. The predicted molar refractivity (Wildman–Crippen MR) is 85.4 cm³/mol. The van der Waals surface area contributed by atoms with Crippen molar-refractivity contribution in [2.75, 3.05) is 31.1 Å². The van der Waals surface area contributed by atoms with Gasteiger partial charge >= 0.3 is 18.9 Å². The van der Waals surface area contributed by atoms with Crippen molar-refractivity contribution in [2.45, 2.75) is 6.54 Å². The molecule has 23 heavy (non-hydrogen) atoms. The van der Waals surface area contributed by atoms with Gasteiger partial charge in [-0.2, -0.15) is 0 Å². The van der Waals surface area contributed by atoms with Crippen LogP contribution in [0.15, 0.2) is 30.6 Å². The van der Waals surface area contributed by atoms with Crippen molar-refractivity contribution in [3.05, 3.63) is 45.4 Å². The molecular weight excluding hydrogens is 329 g/mol. The molecule has 1 aliphatic rings. The largest absolute Gasteiger partial charge is 1.00 e. The van der Waals surface area contributed by atoms with Crippen molar-refractivity contribution in [2.24, 2.45) is 0 Å². The summed E-state index contributed by atoms with van der Waals surface area (Å²) < 4.78 is 0. The van der Waals surface area contributed by atoms with Gasteiger partial charge in [0.1, 0.15) is 0 Å². The SMILES string of the molecule is O=C([O-])c1cc(Cl)c(CN2CCN(c3ccncc3)CC2)s1.[Li+]. The van der Waals surface area contributed by atoms with Crippen molar-refractivity contribution >= 4 is 34.6 Å². The van der Waals surface area contributed by atoms with Crippen molar-refractivity contribution < 1.29 is 28.8 Å². The number of hydrogen-bond acceptors (Lipinski definition) is 6. The van der Waals surface area contributed by atoms with Gasteiger partial charge < -0.3 is 14.8 Å². The Morgan fingerprint density at radius 1 is 1.26 bits per heavy atom. The van der Waals surface area contributed by atoms with E-state index in [1.165, 1.54) is 23.1 Å². The van der Waals surface area contributed by atoms with Crippen LogP contribution < -0.4 is 28.9 Å². The van der Waals surface area contributed by atoms with E-state index in [9.17, 15) is 9.90 Å². The molecular formula is C15H15ClLiN3O2S. The Morgan fingerprint density at radius 3 is 2.48 bits per heavy atom. The minimum atomic E-state index is -1.17. The van der Waals surface area contributed by atoms with E-state index in [4.69, 9.17) is 11.6 Å². The summed E-state index contributed by atoms with van der Waals surface area (Å²) in [5.74, 6) is -1.17. The van der Waals surface area contributed by atoms with Gasteiger partial charge in [-0.15, -0.1) is 11.3 Å². The number of thiophene rings is 1. The molecule has 2 aromatic rings. The third-order valence-electron chi connectivity index (χ3n) is 3.73. The smallest absolute Gasteiger partial charge is 0.544 e. The quantitative estimate of drug-likeness (QED) is 0.632. The van der Waals surface area contributed by atoms with Gasteiger partial charge in [0, 0.05) is 55.7 Å². The predicted octanol–water partition coefficient (Wildman–Crippen LogP) is -1.51. The number of aromatic nitrogens is 1. The number of pyridine rings is 1. The van der Waals surface area contributed by atoms with Gasteiger partial charge in [0.15, 0.2) is 0 Å². The maximum atomic E-state index is 10.9. The van der Waals surface area contributed by atoms with Crippen LogP contribution in [0.25, 0.3) is 0 Å². The Hall–Kier alpha value is -1.03. The van der Waals surface area contributed by atoms with Gasteiger partial charge in [-0.3, -0.25) is 9.88 Å². The number of piperazine rings is 1. The Morgan fingerprint density at radius 2 is 1.91 bits per heavy atom. The number of carbonyl (C=O) groups excluding carboxylic acids is 1. The molecule has 0 N–H and O–H groups in total. The zero-order chi connectivity index (χ0) is 15.5. The van der Waals surface area contributed by atoms with Crippen LogP contribution in [0.3, 0.4) is 0 Å². The third-order valence-corrected chi connectivity index (χ3v) is 5.28. The summed E-state index contributed by atoms with van der Waals surface area (Å²) in [5.41, 5.74) is 1.18. The summed E-state index contributed by atoms with van der Waals surface area (Å²) in [5, 5.41) is 11.4. The molecule has 3 rings (SSSR count). The van der Waals surface area contributed by atoms with Crippen LogP contribution in [0.2, 0.25) is 5.02 Å². The second-order valence-electron chi connectivity index (χ2n) is 5.14. The molecule has 1 fully saturated rings. The molecule has 0 radical (unpaired) electrons. The van der Waals surface area contributed by atoms with Crippen LogP contribution in [0.4, 0.5) is 5.69 Å². The fourth-order valence-corrected chi connectivity index (χ4v) is 3.82. The van der Waals surface area contributed by atoms with E-state index in [2.05, 4.69) is 14.8 Å². The molecule has 0 atom stereocenters. The first kappa shape index (κ1) is 18.3. The topological polar surface area (TPSA) is 59.5 Å². The van der Waals surface area contributed by atoms with E-state index in [-0.39, 0.29) is 23.7 Å². The number of halogens is 1. The van der Waals surface area contributed by atoms with Gasteiger partial charge in [-0.1, -0.05) is 11.6 Å². The molecule has 5 nitrogen and oxygen atoms in total. The number of hydrogen-bond donors (Lipinski definition) is 0. The summed E-state index contributed by atoms with van der Waals surface area (Å²) in [6.07, 6.45) is 3.60. The zero-order valence-electron chi connectivity index (χ0n) is 12.9. The monoisotopic (exact) mass is 343 g/mol. The minimum Gasteiger partial charge on any atom is -0.544 e. The molecule has 0 aliphatic carbocycles. The van der Waals surface area contributed by atoms with Crippen molar-refractivity contribution in [1.29, 1.82) is 0 Å². The van der Waals surface area contributed by atoms with E-state index in [0.29, 0.717) is 11.6 Å². The third kappa shape index (κ3) is 4.49. The van der Waals surface area contributed by atoms with E-state index in [1.54, 1.807) is 12.4 Å². The fraction of sp³-hybridized carbons (Fsp3) is 0.333. The second-order valence-corrected chi connectivity index (χ2v) is 6.68. The Bertz CT molecular complexity index is 660. The molecule has 0 spiro atoms. The van der Waals surface area contributed by atoms with Crippen LogP contribution >= 0.6 is 22.9 Å².